The van der Waals surface area contributed by atoms with Gasteiger partial charge in [-0.1, -0.05) is 29.8 Å². The Hall–Kier alpha value is -2.16. The fourth-order valence-corrected chi connectivity index (χ4v) is 3.59. The maximum absolute atomic E-state index is 12.5. The first kappa shape index (κ1) is 16.2. The second-order valence-electron chi connectivity index (χ2n) is 5.34. The first-order chi connectivity index (χ1) is 10.3. The highest BCUT2D eigenvalue weighted by Crippen LogP contribution is 2.21. The Kier molecular flexibility index (Phi) is 4.65. The molecule has 0 aromatic heterocycles. The summed E-state index contributed by atoms with van der Waals surface area (Å²) in [6.45, 7) is 5.74. The number of benzene rings is 2. The molecular weight excluding hydrogens is 296 g/mol. The van der Waals surface area contributed by atoms with Crippen LogP contribution in [-0.2, 0) is 10.0 Å². The number of rotatable bonds is 4. The smallest absolute Gasteiger partial charge is 0.207 e. The molecule has 0 heterocycles. The van der Waals surface area contributed by atoms with Crippen LogP contribution in [-0.4, -0.2) is 8.42 Å². The van der Waals surface area contributed by atoms with Crippen LogP contribution in [0.1, 0.15) is 35.2 Å². The summed E-state index contributed by atoms with van der Waals surface area (Å²) in [6.07, 6.45) is 0. The average Bonchev–Trinajstić information content (AvgIpc) is 2.49. The first-order valence-corrected chi connectivity index (χ1v) is 8.41. The molecule has 0 bridgehead atoms. The van der Waals surface area contributed by atoms with Crippen LogP contribution in [0.15, 0.2) is 47.4 Å². The molecule has 0 amide bonds. The summed E-state index contributed by atoms with van der Waals surface area (Å²) in [6, 6.07) is 13.6. The van der Waals surface area contributed by atoms with E-state index >= 15 is 0 Å². The molecule has 1 N–H and O–H groups in total. The van der Waals surface area contributed by atoms with Gasteiger partial charge in [-0.15, -0.1) is 0 Å². The van der Waals surface area contributed by atoms with Gasteiger partial charge in [-0.25, -0.2) is 13.1 Å². The highest BCUT2D eigenvalue weighted by Gasteiger charge is 2.19. The molecule has 0 aliphatic carbocycles. The monoisotopic (exact) mass is 314 g/mol. The molecule has 22 heavy (non-hydrogen) atoms. The van der Waals surface area contributed by atoms with Gasteiger partial charge in [-0.05, 0) is 50.1 Å². The number of hydrogen-bond donors (Lipinski definition) is 1. The molecule has 0 saturated heterocycles. The summed E-state index contributed by atoms with van der Waals surface area (Å²) in [5.41, 5.74) is 3.38. The zero-order valence-electron chi connectivity index (χ0n) is 12.8. The van der Waals surface area contributed by atoms with Gasteiger partial charge in [0.1, 0.15) is 0 Å². The maximum atomic E-state index is 12.5. The van der Waals surface area contributed by atoms with E-state index in [2.05, 4.69) is 4.72 Å². The van der Waals surface area contributed by atoms with Crippen molar-refractivity contribution in [3.8, 4) is 6.07 Å². The molecule has 2 aromatic carbocycles. The molecule has 1 atom stereocenters. The van der Waals surface area contributed by atoms with E-state index in [1.54, 1.807) is 12.1 Å². The highest BCUT2D eigenvalue weighted by atomic mass is 32.2. The average molecular weight is 314 g/mol. The van der Waals surface area contributed by atoms with Gasteiger partial charge in [0.25, 0.3) is 0 Å². The quantitative estimate of drug-likeness (QED) is 0.942. The Morgan fingerprint density at radius 3 is 2.55 bits per heavy atom. The van der Waals surface area contributed by atoms with Gasteiger partial charge in [0.05, 0.1) is 16.5 Å². The van der Waals surface area contributed by atoms with Crippen molar-refractivity contribution in [2.24, 2.45) is 0 Å². The molecule has 0 spiro atoms. The highest BCUT2D eigenvalue weighted by molar-refractivity contribution is 7.89. The van der Waals surface area contributed by atoms with Crippen LogP contribution in [0.5, 0.6) is 0 Å². The fraction of sp³-hybridized carbons (Fsp3) is 0.235. The van der Waals surface area contributed by atoms with Crippen LogP contribution in [0.25, 0.3) is 0 Å². The lowest BCUT2D eigenvalue weighted by Crippen LogP contribution is -2.27. The van der Waals surface area contributed by atoms with E-state index < -0.39 is 10.0 Å². The summed E-state index contributed by atoms with van der Waals surface area (Å²) in [7, 11) is -3.67. The van der Waals surface area contributed by atoms with Crippen LogP contribution in [0.2, 0.25) is 0 Å². The largest absolute Gasteiger partial charge is 0.241 e. The number of aryl methyl sites for hydroxylation is 2. The van der Waals surface area contributed by atoms with Crippen LogP contribution in [0.3, 0.4) is 0 Å². The Labute approximate surface area is 131 Å². The van der Waals surface area contributed by atoms with Crippen molar-refractivity contribution in [3.63, 3.8) is 0 Å². The van der Waals surface area contributed by atoms with Crippen LogP contribution in [0.4, 0.5) is 0 Å². The van der Waals surface area contributed by atoms with Crippen LogP contribution >= 0.6 is 0 Å². The van der Waals surface area contributed by atoms with E-state index in [1.165, 1.54) is 12.1 Å². The molecular formula is C17H18N2O2S. The van der Waals surface area contributed by atoms with Crippen molar-refractivity contribution in [1.29, 1.82) is 5.26 Å². The molecule has 5 heteroatoms. The van der Waals surface area contributed by atoms with E-state index in [4.69, 9.17) is 5.26 Å². The number of hydrogen-bond acceptors (Lipinski definition) is 3. The lowest BCUT2D eigenvalue weighted by atomic mass is 10.0. The lowest BCUT2D eigenvalue weighted by Gasteiger charge is -2.17. The predicted octanol–water partition coefficient (Wildman–Crippen LogP) is 3.21. The fourth-order valence-electron chi connectivity index (χ4n) is 2.32. The van der Waals surface area contributed by atoms with Gasteiger partial charge in [-0.2, -0.15) is 5.26 Å². The summed E-state index contributed by atoms with van der Waals surface area (Å²) in [5.74, 6) is 0. The Balaban J connectivity index is 2.32. The van der Waals surface area contributed by atoms with Crippen molar-refractivity contribution in [2.75, 3.05) is 0 Å². The van der Waals surface area contributed by atoms with Gasteiger partial charge in [0, 0.05) is 6.04 Å². The molecule has 4 nitrogen and oxygen atoms in total. The van der Waals surface area contributed by atoms with Gasteiger partial charge in [0.2, 0.25) is 10.0 Å². The Morgan fingerprint density at radius 2 is 1.86 bits per heavy atom. The number of sulfonamides is 1. The van der Waals surface area contributed by atoms with E-state index in [1.807, 2.05) is 45.0 Å². The zero-order chi connectivity index (χ0) is 16.3. The lowest BCUT2D eigenvalue weighted by molar-refractivity contribution is 0.566. The second-order valence-corrected chi connectivity index (χ2v) is 7.06. The van der Waals surface area contributed by atoms with Gasteiger partial charge < -0.3 is 0 Å². The van der Waals surface area contributed by atoms with Gasteiger partial charge in [-0.3, -0.25) is 0 Å². The minimum Gasteiger partial charge on any atom is -0.207 e. The molecule has 2 aromatic rings. The van der Waals surface area contributed by atoms with Crippen molar-refractivity contribution in [3.05, 3.63) is 64.7 Å². The second kappa shape index (κ2) is 6.30. The summed E-state index contributed by atoms with van der Waals surface area (Å²) < 4.78 is 27.6. The molecule has 0 radical (unpaired) electrons. The van der Waals surface area contributed by atoms with E-state index in [0.717, 1.165) is 16.7 Å². The number of nitriles is 1. The molecule has 0 aliphatic heterocycles. The topological polar surface area (TPSA) is 70.0 Å². The molecule has 2 rings (SSSR count). The zero-order valence-corrected chi connectivity index (χ0v) is 13.6. The van der Waals surface area contributed by atoms with Gasteiger partial charge >= 0.3 is 0 Å². The summed E-state index contributed by atoms with van der Waals surface area (Å²) >= 11 is 0. The summed E-state index contributed by atoms with van der Waals surface area (Å²) in [4.78, 5) is 0.101. The summed E-state index contributed by atoms with van der Waals surface area (Å²) in [5, 5.41) is 8.89. The Morgan fingerprint density at radius 1 is 1.14 bits per heavy atom. The number of nitrogens with one attached hydrogen (secondary N) is 1. The van der Waals surface area contributed by atoms with E-state index in [9.17, 15) is 8.42 Å². The van der Waals surface area contributed by atoms with Crippen LogP contribution < -0.4 is 4.72 Å². The molecule has 0 aliphatic rings. The van der Waals surface area contributed by atoms with Gasteiger partial charge in [0.15, 0.2) is 0 Å². The van der Waals surface area contributed by atoms with E-state index in [0.29, 0.717) is 5.56 Å². The normalized spacial score (nSPS) is 12.6. The first-order valence-electron chi connectivity index (χ1n) is 6.93. The maximum Gasteiger partial charge on any atom is 0.241 e. The van der Waals surface area contributed by atoms with E-state index in [-0.39, 0.29) is 10.9 Å². The SMILES string of the molecule is Cc1ccc(C)c([C@@H](C)NS(=O)(=O)c2cccc(C#N)c2)c1. The molecule has 114 valence electrons. The van der Waals surface area contributed by atoms with Crippen molar-refractivity contribution in [2.45, 2.75) is 31.7 Å². The minimum absolute atomic E-state index is 0.101. The van der Waals surface area contributed by atoms with Crippen molar-refractivity contribution >= 4 is 10.0 Å². The minimum atomic E-state index is -3.67. The third-order valence-corrected chi connectivity index (χ3v) is 5.05. The Bertz CT molecular complexity index is 836. The molecule has 0 unspecified atom stereocenters. The standard InChI is InChI=1S/C17H18N2O2S/c1-12-7-8-13(2)17(9-12)14(3)19-22(20,21)16-6-4-5-15(10-16)11-18/h4-10,14,19H,1-3H3/t14-/m1/s1. The van der Waals surface area contributed by atoms with Crippen molar-refractivity contribution in [1.82, 2.24) is 4.72 Å². The van der Waals surface area contributed by atoms with Crippen molar-refractivity contribution < 1.29 is 8.42 Å². The van der Waals surface area contributed by atoms with Crippen LogP contribution in [0, 0.1) is 25.2 Å². The number of nitrogens with zero attached hydrogens (tertiary/aromatic N) is 1. The third kappa shape index (κ3) is 3.53. The third-order valence-electron chi connectivity index (χ3n) is 3.51. The molecule has 0 fully saturated rings. The molecule has 0 saturated carbocycles. The predicted molar refractivity (Wildman–Crippen MR) is 85.8 cm³/mol.